The van der Waals surface area contributed by atoms with E-state index in [9.17, 15) is 0 Å². The van der Waals surface area contributed by atoms with Gasteiger partial charge in [0.1, 0.15) is 0 Å². The number of thioether (sulfide) groups is 1. The zero-order chi connectivity index (χ0) is 12.8. The Labute approximate surface area is 120 Å². The van der Waals surface area contributed by atoms with Crippen molar-refractivity contribution in [2.75, 3.05) is 5.75 Å². The largest absolute Gasteiger partial charge is 0.327 e. The maximum atomic E-state index is 6.14. The second-order valence-electron chi connectivity index (χ2n) is 4.09. The van der Waals surface area contributed by atoms with Crippen molar-refractivity contribution >= 4 is 27.7 Å². The lowest BCUT2D eigenvalue weighted by atomic mass is 10.1. The van der Waals surface area contributed by atoms with Gasteiger partial charge in [-0.2, -0.15) is 0 Å². The second-order valence-corrected chi connectivity index (χ2v) is 6.10. The van der Waals surface area contributed by atoms with Crippen LogP contribution in [0.1, 0.15) is 5.56 Å². The molecule has 0 radical (unpaired) electrons. The lowest BCUT2D eigenvalue weighted by molar-refractivity contribution is 0.748. The molecular formula is C14H15BrN2S. The summed E-state index contributed by atoms with van der Waals surface area (Å²) in [6.07, 6.45) is 4.51. The Hall–Kier alpha value is -0.840. The van der Waals surface area contributed by atoms with E-state index in [1.54, 1.807) is 11.8 Å². The minimum Gasteiger partial charge on any atom is -0.327 e. The predicted molar refractivity (Wildman–Crippen MR) is 80.8 cm³/mol. The molecule has 4 heteroatoms. The average Bonchev–Trinajstić information content (AvgIpc) is 2.38. The standard InChI is InChI=1S/C14H15BrN2S/c15-12-2-1-3-14(9-12)18-10-13(16)8-11-4-6-17-7-5-11/h1-7,9,13H,8,10,16H2. The lowest BCUT2D eigenvalue weighted by Crippen LogP contribution is -2.25. The van der Waals surface area contributed by atoms with Crippen LogP contribution < -0.4 is 5.73 Å². The third-order valence-corrected chi connectivity index (χ3v) is 4.18. The van der Waals surface area contributed by atoms with Gasteiger partial charge in [-0.25, -0.2) is 0 Å². The summed E-state index contributed by atoms with van der Waals surface area (Å²) in [6, 6.07) is 12.5. The summed E-state index contributed by atoms with van der Waals surface area (Å²) in [5, 5.41) is 0. The fraction of sp³-hybridized carbons (Fsp3) is 0.214. The maximum Gasteiger partial charge on any atom is 0.0270 e. The fourth-order valence-corrected chi connectivity index (χ4v) is 3.10. The molecule has 1 atom stereocenters. The van der Waals surface area contributed by atoms with Crippen LogP contribution in [0.5, 0.6) is 0 Å². The van der Waals surface area contributed by atoms with Gasteiger partial charge in [-0.1, -0.05) is 22.0 Å². The fourth-order valence-electron chi connectivity index (χ4n) is 1.64. The van der Waals surface area contributed by atoms with Crippen molar-refractivity contribution in [2.45, 2.75) is 17.4 Å². The second kappa shape index (κ2) is 6.92. The molecule has 0 saturated carbocycles. The first-order chi connectivity index (χ1) is 8.74. The monoisotopic (exact) mass is 322 g/mol. The van der Waals surface area contributed by atoms with Crippen molar-refractivity contribution in [1.29, 1.82) is 0 Å². The van der Waals surface area contributed by atoms with Crippen LogP contribution in [0.3, 0.4) is 0 Å². The van der Waals surface area contributed by atoms with E-state index >= 15 is 0 Å². The van der Waals surface area contributed by atoms with Crippen molar-refractivity contribution in [3.63, 3.8) is 0 Å². The van der Waals surface area contributed by atoms with Crippen LogP contribution >= 0.6 is 27.7 Å². The number of benzene rings is 1. The van der Waals surface area contributed by atoms with Gasteiger partial charge in [0.05, 0.1) is 0 Å². The molecule has 2 N–H and O–H groups in total. The van der Waals surface area contributed by atoms with Gasteiger partial charge in [-0.15, -0.1) is 11.8 Å². The Kier molecular flexibility index (Phi) is 5.23. The number of halogens is 1. The summed E-state index contributed by atoms with van der Waals surface area (Å²) < 4.78 is 1.11. The highest BCUT2D eigenvalue weighted by atomic mass is 79.9. The number of rotatable bonds is 5. The first kappa shape index (κ1) is 13.6. The molecule has 2 rings (SSSR count). The van der Waals surface area contributed by atoms with E-state index in [4.69, 9.17) is 5.73 Å². The van der Waals surface area contributed by atoms with Crippen molar-refractivity contribution in [1.82, 2.24) is 4.98 Å². The van der Waals surface area contributed by atoms with Gasteiger partial charge in [0.25, 0.3) is 0 Å². The van der Waals surface area contributed by atoms with Crippen LogP contribution in [0.15, 0.2) is 58.2 Å². The van der Waals surface area contributed by atoms with Crippen molar-refractivity contribution < 1.29 is 0 Å². The number of nitrogens with zero attached hydrogens (tertiary/aromatic N) is 1. The summed E-state index contributed by atoms with van der Waals surface area (Å²) in [5.74, 6) is 0.915. The summed E-state index contributed by atoms with van der Waals surface area (Å²) in [4.78, 5) is 5.25. The van der Waals surface area contributed by atoms with Gasteiger partial charge in [-0.05, 0) is 42.3 Å². The predicted octanol–water partition coefficient (Wildman–Crippen LogP) is 3.51. The summed E-state index contributed by atoms with van der Waals surface area (Å²) in [6.45, 7) is 0. The molecule has 0 amide bonds. The van der Waals surface area contributed by atoms with Crippen LogP contribution in [0, 0.1) is 0 Å². The number of pyridine rings is 1. The smallest absolute Gasteiger partial charge is 0.0270 e. The van der Waals surface area contributed by atoms with Crippen molar-refractivity contribution in [3.8, 4) is 0 Å². The number of hydrogen-bond acceptors (Lipinski definition) is 3. The van der Waals surface area contributed by atoms with E-state index in [0.717, 1.165) is 16.6 Å². The molecule has 0 spiro atoms. The Morgan fingerprint density at radius 3 is 2.72 bits per heavy atom. The van der Waals surface area contributed by atoms with Crippen LogP contribution in [0.2, 0.25) is 0 Å². The van der Waals surface area contributed by atoms with Gasteiger partial charge in [0.15, 0.2) is 0 Å². The number of hydrogen-bond donors (Lipinski definition) is 1. The Bertz CT molecular complexity index is 490. The van der Waals surface area contributed by atoms with Crippen LogP contribution in [0.25, 0.3) is 0 Å². The third-order valence-electron chi connectivity index (χ3n) is 2.51. The van der Waals surface area contributed by atoms with E-state index < -0.39 is 0 Å². The van der Waals surface area contributed by atoms with E-state index in [0.29, 0.717) is 0 Å². The summed E-state index contributed by atoms with van der Waals surface area (Å²) >= 11 is 5.26. The average molecular weight is 323 g/mol. The van der Waals surface area contributed by atoms with Gasteiger partial charge >= 0.3 is 0 Å². The van der Waals surface area contributed by atoms with E-state index in [-0.39, 0.29) is 6.04 Å². The molecule has 0 bridgehead atoms. The molecule has 1 heterocycles. The highest BCUT2D eigenvalue weighted by molar-refractivity contribution is 9.10. The van der Waals surface area contributed by atoms with E-state index in [1.807, 2.05) is 36.7 Å². The van der Waals surface area contributed by atoms with Crippen molar-refractivity contribution in [2.24, 2.45) is 5.73 Å². The molecule has 1 unspecified atom stereocenters. The number of nitrogens with two attached hydrogens (primary N) is 1. The molecule has 1 aromatic carbocycles. The molecule has 0 aliphatic heterocycles. The zero-order valence-electron chi connectivity index (χ0n) is 9.92. The first-order valence-electron chi connectivity index (χ1n) is 5.77. The minimum absolute atomic E-state index is 0.163. The Balaban J connectivity index is 1.83. The molecule has 94 valence electrons. The maximum absolute atomic E-state index is 6.14. The molecule has 0 aliphatic rings. The Morgan fingerprint density at radius 1 is 1.22 bits per heavy atom. The number of aromatic nitrogens is 1. The lowest BCUT2D eigenvalue weighted by Gasteiger charge is -2.11. The van der Waals surface area contributed by atoms with Gasteiger partial charge < -0.3 is 5.73 Å². The summed E-state index contributed by atoms with van der Waals surface area (Å²) in [5.41, 5.74) is 7.38. The van der Waals surface area contributed by atoms with Crippen LogP contribution in [-0.2, 0) is 6.42 Å². The van der Waals surface area contributed by atoms with E-state index in [2.05, 4.69) is 33.0 Å². The summed E-state index contributed by atoms with van der Waals surface area (Å²) in [7, 11) is 0. The molecule has 18 heavy (non-hydrogen) atoms. The van der Waals surface area contributed by atoms with Gasteiger partial charge in [-0.3, -0.25) is 4.98 Å². The zero-order valence-corrected chi connectivity index (χ0v) is 12.3. The SMILES string of the molecule is NC(CSc1cccc(Br)c1)Cc1ccncc1. The molecule has 1 aromatic heterocycles. The van der Waals surface area contributed by atoms with Crippen LogP contribution in [-0.4, -0.2) is 16.8 Å². The highest BCUT2D eigenvalue weighted by Crippen LogP contribution is 2.22. The normalized spacial score (nSPS) is 12.3. The molecule has 0 saturated heterocycles. The quantitative estimate of drug-likeness (QED) is 0.856. The molecule has 0 fully saturated rings. The van der Waals surface area contributed by atoms with Gasteiger partial charge in [0, 0.05) is 33.6 Å². The Morgan fingerprint density at radius 2 is 2.00 bits per heavy atom. The topological polar surface area (TPSA) is 38.9 Å². The molecule has 2 nitrogen and oxygen atoms in total. The van der Waals surface area contributed by atoms with Gasteiger partial charge in [0.2, 0.25) is 0 Å². The van der Waals surface area contributed by atoms with Crippen molar-refractivity contribution in [3.05, 3.63) is 58.8 Å². The third kappa shape index (κ3) is 4.44. The minimum atomic E-state index is 0.163. The van der Waals surface area contributed by atoms with E-state index in [1.165, 1.54) is 10.5 Å². The highest BCUT2D eigenvalue weighted by Gasteiger charge is 2.05. The van der Waals surface area contributed by atoms with Crippen LogP contribution in [0.4, 0.5) is 0 Å². The molecular weight excluding hydrogens is 308 g/mol. The molecule has 2 aromatic rings. The first-order valence-corrected chi connectivity index (χ1v) is 7.55. The molecule has 0 aliphatic carbocycles.